The SMILES string of the molecule is CC(C)(C)N1N=C(c2ccccc2)NN(C(C)(C)C)C1=O. The van der Waals surface area contributed by atoms with Gasteiger partial charge in [0.2, 0.25) is 0 Å². The summed E-state index contributed by atoms with van der Waals surface area (Å²) in [5.74, 6) is 0.681. The third-order valence-corrected chi connectivity index (χ3v) is 3.14. The molecule has 0 radical (unpaired) electrons. The molecule has 0 aromatic heterocycles. The predicted molar refractivity (Wildman–Crippen MR) is 84.7 cm³/mol. The molecule has 1 aromatic rings. The number of hydrogen-bond acceptors (Lipinski definition) is 3. The van der Waals surface area contributed by atoms with Gasteiger partial charge in [-0.25, -0.2) is 14.8 Å². The van der Waals surface area contributed by atoms with Crippen molar-refractivity contribution < 1.29 is 4.79 Å². The monoisotopic (exact) mass is 288 g/mol. The molecule has 0 spiro atoms. The molecule has 114 valence electrons. The van der Waals surface area contributed by atoms with Crippen molar-refractivity contribution in [2.24, 2.45) is 5.10 Å². The number of amidine groups is 1. The van der Waals surface area contributed by atoms with Crippen molar-refractivity contribution in [1.29, 1.82) is 0 Å². The van der Waals surface area contributed by atoms with Crippen molar-refractivity contribution in [3.8, 4) is 0 Å². The first kappa shape index (κ1) is 15.4. The highest BCUT2D eigenvalue weighted by Gasteiger charge is 2.39. The van der Waals surface area contributed by atoms with Crippen LogP contribution in [-0.2, 0) is 0 Å². The lowest BCUT2D eigenvalue weighted by Crippen LogP contribution is -2.65. The van der Waals surface area contributed by atoms with Crippen LogP contribution in [0.15, 0.2) is 35.4 Å². The Morgan fingerprint density at radius 1 is 0.952 bits per heavy atom. The van der Waals surface area contributed by atoms with Crippen molar-refractivity contribution in [1.82, 2.24) is 15.4 Å². The summed E-state index contributed by atoms with van der Waals surface area (Å²) in [7, 11) is 0. The highest BCUT2D eigenvalue weighted by Crippen LogP contribution is 2.24. The molecule has 1 N–H and O–H groups in total. The van der Waals surface area contributed by atoms with Gasteiger partial charge >= 0.3 is 6.03 Å². The van der Waals surface area contributed by atoms with Crippen LogP contribution in [0.4, 0.5) is 4.79 Å². The largest absolute Gasteiger partial charge is 0.360 e. The van der Waals surface area contributed by atoms with Crippen LogP contribution in [0.3, 0.4) is 0 Å². The van der Waals surface area contributed by atoms with Gasteiger partial charge in [-0.2, -0.15) is 0 Å². The zero-order valence-electron chi connectivity index (χ0n) is 13.6. The van der Waals surface area contributed by atoms with Gasteiger partial charge in [0.15, 0.2) is 5.84 Å². The molecule has 21 heavy (non-hydrogen) atoms. The number of rotatable bonds is 1. The van der Waals surface area contributed by atoms with E-state index in [4.69, 9.17) is 0 Å². The molecule has 5 nitrogen and oxygen atoms in total. The van der Waals surface area contributed by atoms with E-state index in [1.165, 1.54) is 5.01 Å². The van der Waals surface area contributed by atoms with Crippen LogP contribution in [0.2, 0.25) is 0 Å². The third-order valence-electron chi connectivity index (χ3n) is 3.14. The van der Waals surface area contributed by atoms with E-state index in [0.29, 0.717) is 5.84 Å². The number of urea groups is 1. The van der Waals surface area contributed by atoms with Gasteiger partial charge in [-0.15, -0.1) is 5.10 Å². The van der Waals surface area contributed by atoms with E-state index in [2.05, 4.69) is 10.5 Å². The van der Waals surface area contributed by atoms with Crippen LogP contribution in [0.5, 0.6) is 0 Å². The predicted octanol–water partition coefficient (Wildman–Crippen LogP) is 3.19. The molecule has 0 saturated carbocycles. The van der Waals surface area contributed by atoms with Gasteiger partial charge in [-0.1, -0.05) is 30.3 Å². The Labute approximate surface area is 126 Å². The summed E-state index contributed by atoms with van der Waals surface area (Å²) >= 11 is 0. The lowest BCUT2D eigenvalue weighted by Gasteiger charge is -2.45. The molecule has 1 aliphatic rings. The van der Waals surface area contributed by atoms with Crippen molar-refractivity contribution in [2.75, 3.05) is 0 Å². The zero-order chi connectivity index (χ0) is 15.8. The second kappa shape index (κ2) is 5.06. The quantitative estimate of drug-likeness (QED) is 0.862. The fraction of sp³-hybridized carbons (Fsp3) is 0.500. The molecule has 0 atom stereocenters. The van der Waals surface area contributed by atoms with Crippen molar-refractivity contribution in [3.63, 3.8) is 0 Å². The van der Waals surface area contributed by atoms with E-state index < -0.39 is 0 Å². The second-order valence-electron chi connectivity index (χ2n) is 7.20. The van der Waals surface area contributed by atoms with E-state index in [-0.39, 0.29) is 17.1 Å². The fourth-order valence-corrected chi connectivity index (χ4v) is 2.02. The first-order valence-electron chi connectivity index (χ1n) is 7.16. The first-order chi connectivity index (χ1) is 9.60. The smallest absolute Gasteiger partial charge is 0.275 e. The Kier molecular flexibility index (Phi) is 3.70. The van der Waals surface area contributed by atoms with Crippen molar-refractivity contribution in [2.45, 2.75) is 52.6 Å². The topological polar surface area (TPSA) is 47.9 Å². The minimum Gasteiger partial charge on any atom is -0.275 e. The molecule has 1 aliphatic heterocycles. The summed E-state index contributed by atoms with van der Waals surface area (Å²) in [6.07, 6.45) is 0. The molecule has 0 bridgehead atoms. The summed E-state index contributed by atoms with van der Waals surface area (Å²) in [4.78, 5) is 12.7. The summed E-state index contributed by atoms with van der Waals surface area (Å²) in [6, 6.07) is 9.68. The van der Waals surface area contributed by atoms with Crippen LogP contribution in [0.25, 0.3) is 0 Å². The van der Waals surface area contributed by atoms with Crippen LogP contribution >= 0.6 is 0 Å². The van der Waals surface area contributed by atoms with Gasteiger partial charge < -0.3 is 0 Å². The lowest BCUT2D eigenvalue weighted by atomic mass is 10.1. The molecule has 2 amide bonds. The van der Waals surface area contributed by atoms with Crippen LogP contribution < -0.4 is 5.43 Å². The minimum atomic E-state index is -0.386. The van der Waals surface area contributed by atoms with E-state index in [1.54, 1.807) is 5.01 Å². The Morgan fingerprint density at radius 2 is 1.52 bits per heavy atom. The van der Waals surface area contributed by atoms with Crippen molar-refractivity contribution in [3.05, 3.63) is 35.9 Å². The number of nitrogens with zero attached hydrogens (tertiary/aromatic N) is 3. The molecular formula is C16H24N4O. The van der Waals surface area contributed by atoms with Crippen LogP contribution in [0.1, 0.15) is 47.1 Å². The normalized spacial score (nSPS) is 16.7. The Hall–Kier alpha value is -2.04. The second-order valence-corrected chi connectivity index (χ2v) is 7.20. The van der Waals surface area contributed by atoms with Gasteiger partial charge in [0, 0.05) is 5.56 Å². The number of carbonyl (C=O) groups excluding carboxylic acids is 1. The number of hydrogen-bond donors (Lipinski definition) is 1. The summed E-state index contributed by atoms with van der Waals surface area (Å²) in [5.41, 5.74) is 3.37. The third kappa shape index (κ3) is 3.17. The number of hydrazone groups is 1. The van der Waals surface area contributed by atoms with E-state index in [9.17, 15) is 4.79 Å². The molecule has 0 fully saturated rings. The maximum absolute atomic E-state index is 12.7. The standard InChI is InChI=1S/C16H24N4O/c1-15(2,3)19-14(21)20(16(4,5)6)18-13(17-19)12-10-8-7-9-11-12/h7-11H,1-6H3,(H,17,18). The van der Waals surface area contributed by atoms with Gasteiger partial charge in [0.1, 0.15) is 0 Å². The Balaban J connectivity index is 2.48. The maximum atomic E-state index is 12.7. The van der Waals surface area contributed by atoms with Gasteiger partial charge in [0.25, 0.3) is 0 Å². The van der Waals surface area contributed by atoms with Gasteiger partial charge in [-0.3, -0.25) is 5.43 Å². The molecule has 1 aromatic carbocycles. The maximum Gasteiger partial charge on any atom is 0.360 e. The average Bonchev–Trinajstić information content (AvgIpc) is 2.37. The van der Waals surface area contributed by atoms with Crippen molar-refractivity contribution >= 4 is 11.9 Å². The van der Waals surface area contributed by atoms with Gasteiger partial charge in [0.05, 0.1) is 11.1 Å². The molecule has 0 unspecified atom stereocenters. The number of benzene rings is 1. The molecule has 0 aliphatic carbocycles. The molecule has 5 heteroatoms. The molecular weight excluding hydrogens is 264 g/mol. The molecule has 2 rings (SSSR count). The van der Waals surface area contributed by atoms with Crippen LogP contribution in [0, 0.1) is 0 Å². The van der Waals surface area contributed by atoms with E-state index >= 15 is 0 Å². The highest BCUT2D eigenvalue weighted by molar-refractivity contribution is 6.01. The molecule has 0 saturated heterocycles. The summed E-state index contributed by atoms with van der Waals surface area (Å²) in [5, 5.41) is 7.69. The number of amides is 2. The number of carbonyl (C=O) groups is 1. The van der Waals surface area contributed by atoms with Crippen LogP contribution in [-0.4, -0.2) is 33.0 Å². The van der Waals surface area contributed by atoms with Gasteiger partial charge in [-0.05, 0) is 41.5 Å². The zero-order valence-corrected chi connectivity index (χ0v) is 13.6. The fourth-order valence-electron chi connectivity index (χ4n) is 2.02. The summed E-state index contributed by atoms with van der Waals surface area (Å²) < 4.78 is 0. The lowest BCUT2D eigenvalue weighted by molar-refractivity contribution is 0.0535. The number of hydrazine groups is 1. The van der Waals surface area contributed by atoms with E-state index in [1.807, 2.05) is 71.9 Å². The first-order valence-corrected chi connectivity index (χ1v) is 7.16. The number of nitrogens with one attached hydrogen (secondary N) is 1. The Morgan fingerprint density at radius 3 is 2.00 bits per heavy atom. The summed E-state index contributed by atoms with van der Waals surface area (Å²) in [6.45, 7) is 11.9. The van der Waals surface area contributed by atoms with E-state index in [0.717, 1.165) is 5.56 Å². The molecule has 1 heterocycles. The minimum absolute atomic E-state index is 0.144. The average molecular weight is 288 g/mol. The Bertz CT molecular complexity index is 552. The highest BCUT2D eigenvalue weighted by atomic mass is 16.2.